The van der Waals surface area contributed by atoms with Crippen LogP contribution in [0.25, 0.3) is 0 Å². The topological polar surface area (TPSA) is 83.7 Å². The molecule has 0 aliphatic heterocycles. The van der Waals surface area contributed by atoms with Gasteiger partial charge in [0.25, 0.3) is 0 Å². The van der Waals surface area contributed by atoms with E-state index in [1.807, 2.05) is 32.2 Å². The van der Waals surface area contributed by atoms with Crippen molar-refractivity contribution in [2.45, 2.75) is 26.0 Å². The molecule has 1 heterocycles. The van der Waals surface area contributed by atoms with E-state index in [9.17, 15) is 5.11 Å². The number of aromatic nitrogens is 2. The van der Waals surface area contributed by atoms with Gasteiger partial charge in [-0.2, -0.15) is 5.10 Å². The lowest BCUT2D eigenvalue weighted by molar-refractivity contribution is 0.0616. The molecular weight excluding hydrogens is 398 g/mol. The van der Waals surface area contributed by atoms with Crippen LogP contribution in [0.5, 0.6) is 5.75 Å². The standard InChI is InChI=1S/C18H26BrN5O2/c1-5-20-17(21-9-13-6-7-16(26-4)15(19)8-13)22-12-18(2,25)14-10-23-24(3)11-14/h6-8,10-11,25H,5,9,12H2,1-4H3,(H2,20,21,22). The number of aliphatic imine (C=N–C) groups is 1. The Morgan fingerprint density at radius 1 is 1.42 bits per heavy atom. The maximum Gasteiger partial charge on any atom is 0.191 e. The van der Waals surface area contributed by atoms with Crippen molar-refractivity contribution in [2.24, 2.45) is 12.0 Å². The van der Waals surface area contributed by atoms with Crippen LogP contribution in [-0.4, -0.2) is 41.0 Å². The van der Waals surface area contributed by atoms with Gasteiger partial charge >= 0.3 is 0 Å². The van der Waals surface area contributed by atoms with Gasteiger partial charge in [-0.3, -0.25) is 4.68 Å². The predicted octanol–water partition coefficient (Wildman–Crippen LogP) is 2.15. The fourth-order valence-corrected chi connectivity index (χ4v) is 2.97. The second-order valence-electron chi connectivity index (χ2n) is 6.19. The first-order chi connectivity index (χ1) is 12.4. The number of aryl methyl sites for hydroxylation is 1. The number of guanidine groups is 1. The molecule has 2 aromatic rings. The second kappa shape index (κ2) is 9.05. The van der Waals surface area contributed by atoms with Crippen LogP contribution in [0.1, 0.15) is 25.0 Å². The van der Waals surface area contributed by atoms with Gasteiger partial charge in [0.2, 0.25) is 0 Å². The van der Waals surface area contributed by atoms with E-state index in [1.54, 1.807) is 31.1 Å². The zero-order valence-corrected chi connectivity index (χ0v) is 17.2. The Hall–Kier alpha value is -2.06. The summed E-state index contributed by atoms with van der Waals surface area (Å²) in [6, 6.07) is 5.86. The van der Waals surface area contributed by atoms with E-state index in [0.717, 1.165) is 27.9 Å². The fourth-order valence-electron chi connectivity index (χ4n) is 2.38. The summed E-state index contributed by atoms with van der Waals surface area (Å²) >= 11 is 3.48. The van der Waals surface area contributed by atoms with Crippen LogP contribution in [0.3, 0.4) is 0 Å². The number of nitrogens with zero attached hydrogens (tertiary/aromatic N) is 3. The highest BCUT2D eigenvalue weighted by Crippen LogP contribution is 2.25. The third-order valence-corrected chi connectivity index (χ3v) is 4.53. The molecule has 2 rings (SSSR count). The third-order valence-electron chi connectivity index (χ3n) is 3.91. The van der Waals surface area contributed by atoms with Crippen LogP contribution in [0, 0.1) is 0 Å². The summed E-state index contributed by atoms with van der Waals surface area (Å²) in [6.45, 7) is 5.30. The number of benzene rings is 1. The summed E-state index contributed by atoms with van der Waals surface area (Å²) in [5, 5.41) is 21.2. The van der Waals surface area contributed by atoms with Crippen molar-refractivity contribution in [3.8, 4) is 5.75 Å². The first-order valence-electron chi connectivity index (χ1n) is 8.42. The van der Waals surface area contributed by atoms with Gasteiger partial charge < -0.3 is 20.5 Å². The highest BCUT2D eigenvalue weighted by atomic mass is 79.9. The van der Waals surface area contributed by atoms with E-state index in [1.165, 1.54) is 0 Å². The minimum atomic E-state index is -1.05. The Morgan fingerprint density at radius 2 is 2.19 bits per heavy atom. The molecule has 0 aliphatic rings. The third kappa shape index (κ3) is 5.47. The van der Waals surface area contributed by atoms with Crippen molar-refractivity contribution >= 4 is 21.9 Å². The number of methoxy groups -OCH3 is 1. The van der Waals surface area contributed by atoms with Gasteiger partial charge in [-0.05, 0) is 47.5 Å². The van der Waals surface area contributed by atoms with Crippen molar-refractivity contribution in [2.75, 3.05) is 20.2 Å². The Morgan fingerprint density at radius 3 is 2.77 bits per heavy atom. The first-order valence-corrected chi connectivity index (χ1v) is 9.21. The predicted molar refractivity (Wildman–Crippen MR) is 106 cm³/mol. The van der Waals surface area contributed by atoms with Crippen molar-refractivity contribution in [1.29, 1.82) is 0 Å². The van der Waals surface area contributed by atoms with Gasteiger partial charge in [0.05, 0.1) is 30.9 Å². The number of hydrogen-bond acceptors (Lipinski definition) is 4. The van der Waals surface area contributed by atoms with Gasteiger partial charge in [0, 0.05) is 25.4 Å². The van der Waals surface area contributed by atoms with E-state index >= 15 is 0 Å². The second-order valence-corrected chi connectivity index (χ2v) is 7.05. The molecule has 1 aromatic carbocycles. The molecule has 0 saturated heterocycles. The molecule has 1 unspecified atom stereocenters. The quantitative estimate of drug-likeness (QED) is 0.469. The molecule has 0 amide bonds. The molecule has 0 radical (unpaired) electrons. The number of halogens is 1. The van der Waals surface area contributed by atoms with Crippen molar-refractivity contribution in [1.82, 2.24) is 20.4 Å². The summed E-state index contributed by atoms with van der Waals surface area (Å²) in [6.07, 6.45) is 3.47. The van der Waals surface area contributed by atoms with Crippen molar-refractivity contribution in [3.05, 3.63) is 46.2 Å². The van der Waals surface area contributed by atoms with Gasteiger partial charge in [0.15, 0.2) is 5.96 Å². The number of aliphatic hydroxyl groups is 1. The lowest BCUT2D eigenvalue weighted by Crippen LogP contribution is -2.44. The first kappa shape index (κ1) is 20.3. The molecule has 0 aliphatic carbocycles. The smallest absolute Gasteiger partial charge is 0.191 e. The summed E-state index contributed by atoms with van der Waals surface area (Å²) in [5.74, 6) is 1.43. The van der Waals surface area contributed by atoms with E-state index in [4.69, 9.17) is 4.74 Å². The summed E-state index contributed by atoms with van der Waals surface area (Å²) in [7, 11) is 3.46. The minimum absolute atomic E-state index is 0.316. The normalized spacial score (nSPS) is 14.0. The maximum atomic E-state index is 10.7. The summed E-state index contributed by atoms with van der Waals surface area (Å²) in [5.41, 5.74) is 0.754. The van der Waals surface area contributed by atoms with E-state index in [-0.39, 0.29) is 0 Å². The largest absolute Gasteiger partial charge is 0.496 e. The average molecular weight is 424 g/mol. The van der Waals surface area contributed by atoms with E-state index in [2.05, 4.69) is 36.7 Å². The lowest BCUT2D eigenvalue weighted by Gasteiger charge is -2.23. The molecule has 7 nitrogen and oxygen atoms in total. The monoisotopic (exact) mass is 423 g/mol. The highest BCUT2D eigenvalue weighted by Gasteiger charge is 2.24. The molecule has 8 heteroatoms. The number of rotatable bonds is 7. The molecule has 1 aromatic heterocycles. The number of hydrogen-bond donors (Lipinski definition) is 3. The van der Waals surface area contributed by atoms with E-state index in [0.29, 0.717) is 19.0 Å². The number of nitrogens with one attached hydrogen (secondary N) is 2. The maximum absolute atomic E-state index is 10.7. The van der Waals surface area contributed by atoms with Crippen LogP contribution in [-0.2, 0) is 19.2 Å². The highest BCUT2D eigenvalue weighted by molar-refractivity contribution is 9.10. The summed E-state index contributed by atoms with van der Waals surface area (Å²) < 4.78 is 7.81. The molecule has 0 fully saturated rings. The molecule has 1 atom stereocenters. The number of ether oxygens (including phenoxy) is 1. The van der Waals surface area contributed by atoms with Crippen LogP contribution in [0.15, 0.2) is 40.1 Å². The van der Waals surface area contributed by atoms with Gasteiger partial charge in [0.1, 0.15) is 11.4 Å². The zero-order chi connectivity index (χ0) is 19.2. The van der Waals surface area contributed by atoms with Crippen LogP contribution >= 0.6 is 15.9 Å². The zero-order valence-electron chi connectivity index (χ0n) is 15.6. The Labute approximate surface area is 162 Å². The van der Waals surface area contributed by atoms with Crippen LogP contribution in [0.2, 0.25) is 0 Å². The molecule has 0 bridgehead atoms. The van der Waals surface area contributed by atoms with Crippen LogP contribution in [0.4, 0.5) is 0 Å². The molecule has 0 saturated carbocycles. The Kier molecular flexibility index (Phi) is 7.05. The molecular formula is C18H26BrN5O2. The SMILES string of the molecule is CCNC(=NCc1ccc(OC)c(Br)c1)NCC(C)(O)c1cnn(C)c1. The van der Waals surface area contributed by atoms with E-state index < -0.39 is 5.60 Å². The molecule has 0 spiro atoms. The van der Waals surface area contributed by atoms with Crippen LogP contribution < -0.4 is 15.4 Å². The van der Waals surface area contributed by atoms with Crippen molar-refractivity contribution < 1.29 is 9.84 Å². The lowest BCUT2D eigenvalue weighted by atomic mass is 10.00. The average Bonchev–Trinajstić information content (AvgIpc) is 3.05. The molecule has 142 valence electrons. The summed E-state index contributed by atoms with van der Waals surface area (Å²) in [4.78, 5) is 4.58. The van der Waals surface area contributed by atoms with Gasteiger partial charge in [-0.15, -0.1) is 0 Å². The molecule has 26 heavy (non-hydrogen) atoms. The van der Waals surface area contributed by atoms with Crippen molar-refractivity contribution in [3.63, 3.8) is 0 Å². The Bertz CT molecular complexity index is 758. The van der Waals surface area contributed by atoms with Gasteiger partial charge in [-0.25, -0.2) is 4.99 Å². The Balaban J connectivity index is 2.03. The fraction of sp³-hybridized carbons (Fsp3) is 0.444. The van der Waals surface area contributed by atoms with Gasteiger partial charge in [-0.1, -0.05) is 6.07 Å². The minimum Gasteiger partial charge on any atom is -0.496 e. The molecule has 3 N–H and O–H groups in total.